The number of hydrogen-bond donors (Lipinski definition) is 1. The highest BCUT2D eigenvalue weighted by Gasteiger charge is 2.21. The molecule has 1 aliphatic rings. The summed E-state index contributed by atoms with van der Waals surface area (Å²) in [7, 11) is 0. The van der Waals surface area contributed by atoms with Crippen LogP contribution in [0.15, 0.2) is 29.9 Å². The lowest BCUT2D eigenvalue weighted by molar-refractivity contribution is -0.122. The van der Waals surface area contributed by atoms with Gasteiger partial charge in [0, 0.05) is 35.9 Å². The maximum atomic E-state index is 12.3. The zero-order valence-corrected chi connectivity index (χ0v) is 17.0. The van der Waals surface area contributed by atoms with Gasteiger partial charge < -0.3 is 10.2 Å². The molecule has 0 aliphatic carbocycles. The first-order valence-corrected chi connectivity index (χ1v) is 10.9. The number of thiophene rings is 2. The molecule has 3 aromatic rings. The highest BCUT2D eigenvalue weighted by molar-refractivity contribution is 7.16. The Morgan fingerprint density at radius 3 is 2.74 bits per heavy atom. The normalized spacial score (nSPS) is 15.4. The van der Waals surface area contributed by atoms with Crippen LogP contribution in [0.2, 0.25) is 0 Å². The molecular formula is C19H23N5OS2. The van der Waals surface area contributed by atoms with E-state index in [9.17, 15) is 4.79 Å². The van der Waals surface area contributed by atoms with E-state index in [1.165, 1.54) is 9.75 Å². The Kier molecular flexibility index (Phi) is 5.66. The number of aryl methyl sites for hydroxylation is 1. The summed E-state index contributed by atoms with van der Waals surface area (Å²) in [6.07, 6.45) is 2.69. The van der Waals surface area contributed by atoms with E-state index < -0.39 is 0 Å². The van der Waals surface area contributed by atoms with Crippen LogP contribution in [0.3, 0.4) is 0 Å². The van der Waals surface area contributed by atoms with Crippen molar-refractivity contribution in [2.75, 3.05) is 37.6 Å². The molecule has 0 radical (unpaired) electrons. The Morgan fingerprint density at radius 2 is 1.96 bits per heavy atom. The summed E-state index contributed by atoms with van der Waals surface area (Å²) in [4.78, 5) is 29.2. The van der Waals surface area contributed by atoms with Crippen molar-refractivity contribution in [2.45, 2.75) is 19.9 Å². The first-order valence-electron chi connectivity index (χ1n) is 9.22. The number of piperazine rings is 1. The number of anilines is 1. The second-order valence-electron chi connectivity index (χ2n) is 6.60. The smallest absolute Gasteiger partial charge is 0.234 e. The zero-order valence-electron chi connectivity index (χ0n) is 15.4. The third-order valence-corrected chi connectivity index (χ3v) is 6.86. The van der Waals surface area contributed by atoms with Crippen LogP contribution < -0.4 is 10.2 Å². The minimum Gasteiger partial charge on any atom is -0.353 e. The van der Waals surface area contributed by atoms with E-state index in [-0.39, 0.29) is 5.91 Å². The number of nitrogens with one attached hydrogen (secondary N) is 1. The lowest BCUT2D eigenvalue weighted by Gasteiger charge is -2.35. The van der Waals surface area contributed by atoms with Crippen LogP contribution in [0.4, 0.5) is 5.82 Å². The van der Waals surface area contributed by atoms with Crippen LogP contribution in [-0.4, -0.2) is 53.5 Å². The van der Waals surface area contributed by atoms with Crippen molar-refractivity contribution in [2.24, 2.45) is 0 Å². The van der Waals surface area contributed by atoms with Crippen LogP contribution in [0, 0.1) is 0 Å². The van der Waals surface area contributed by atoms with Gasteiger partial charge in [-0.2, -0.15) is 0 Å². The Labute approximate surface area is 166 Å². The van der Waals surface area contributed by atoms with E-state index in [1.807, 2.05) is 0 Å². The summed E-state index contributed by atoms with van der Waals surface area (Å²) in [6.45, 7) is 6.71. The van der Waals surface area contributed by atoms with E-state index in [0.717, 1.165) is 48.6 Å². The van der Waals surface area contributed by atoms with Gasteiger partial charge in [-0.1, -0.05) is 6.92 Å². The van der Waals surface area contributed by atoms with Crippen molar-refractivity contribution in [3.05, 3.63) is 39.7 Å². The lowest BCUT2D eigenvalue weighted by Crippen LogP contribution is -2.49. The van der Waals surface area contributed by atoms with Gasteiger partial charge in [0.2, 0.25) is 5.91 Å². The predicted molar refractivity (Wildman–Crippen MR) is 112 cm³/mol. The molecule has 0 aromatic carbocycles. The maximum absolute atomic E-state index is 12.3. The van der Waals surface area contributed by atoms with Crippen LogP contribution in [-0.2, 0) is 17.8 Å². The quantitative estimate of drug-likeness (QED) is 0.688. The van der Waals surface area contributed by atoms with Gasteiger partial charge in [-0.25, -0.2) is 9.97 Å². The Bertz CT molecular complexity index is 914. The Morgan fingerprint density at radius 1 is 1.15 bits per heavy atom. The number of nitrogens with zero attached hydrogens (tertiary/aromatic N) is 4. The van der Waals surface area contributed by atoms with Gasteiger partial charge in [0.05, 0.1) is 18.5 Å². The van der Waals surface area contributed by atoms with Crippen molar-refractivity contribution in [1.82, 2.24) is 20.2 Å². The second kappa shape index (κ2) is 8.33. The van der Waals surface area contributed by atoms with Crippen LogP contribution in [0.1, 0.15) is 16.7 Å². The zero-order chi connectivity index (χ0) is 18.6. The number of amides is 1. The van der Waals surface area contributed by atoms with E-state index in [4.69, 9.17) is 0 Å². The molecule has 142 valence electrons. The fourth-order valence-corrected chi connectivity index (χ4v) is 4.92. The number of rotatable bonds is 6. The van der Waals surface area contributed by atoms with Crippen molar-refractivity contribution in [1.29, 1.82) is 0 Å². The molecule has 0 unspecified atom stereocenters. The van der Waals surface area contributed by atoms with E-state index in [0.29, 0.717) is 13.1 Å². The Balaban J connectivity index is 1.26. The summed E-state index contributed by atoms with van der Waals surface area (Å²) in [5.41, 5.74) is 0. The predicted octanol–water partition coefficient (Wildman–Crippen LogP) is 2.75. The first-order chi connectivity index (χ1) is 13.2. The van der Waals surface area contributed by atoms with Gasteiger partial charge in [0.1, 0.15) is 17.0 Å². The van der Waals surface area contributed by atoms with Gasteiger partial charge >= 0.3 is 0 Å². The Hall–Kier alpha value is -2.03. The SMILES string of the molecule is CCc1ccc(CNC(=O)CN2CCN(c3ncnc4sccc34)CC2)s1. The molecule has 4 heterocycles. The van der Waals surface area contributed by atoms with Crippen molar-refractivity contribution < 1.29 is 4.79 Å². The highest BCUT2D eigenvalue weighted by Crippen LogP contribution is 2.27. The third kappa shape index (κ3) is 4.28. The molecule has 8 heteroatoms. The fourth-order valence-electron chi connectivity index (χ4n) is 3.30. The number of aromatic nitrogens is 2. The standard InChI is InChI=1S/C19H23N5OS2/c1-2-14-3-4-15(27-14)11-20-17(25)12-23-6-8-24(9-7-23)18-16-5-10-26-19(16)22-13-21-18/h3-5,10,13H,2,6-9,11-12H2,1H3,(H,20,25). The molecule has 0 saturated carbocycles. The van der Waals surface area contributed by atoms with Crippen molar-refractivity contribution >= 4 is 44.6 Å². The largest absolute Gasteiger partial charge is 0.353 e. The summed E-state index contributed by atoms with van der Waals surface area (Å²) in [5.74, 6) is 1.10. The molecule has 1 fully saturated rings. The van der Waals surface area contributed by atoms with Gasteiger partial charge in [0.15, 0.2) is 0 Å². The molecule has 1 amide bonds. The minimum absolute atomic E-state index is 0.0946. The maximum Gasteiger partial charge on any atom is 0.234 e. The molecule has 6 nitrogen and oxygen atoms in total. The van der Waals surface area contributed by atoms with Crippen LogP contribution in [0.5, 0.6) is 0 Å². The molecule has 1 N–H and O–H groups in total. The average Bonchev–Trinajstić information content (AvgIpc) is 3.36. The van der Waals surface area contributed by atoms with Crippen molar-refractivity contribution in [3.63, 3.8) is 0 Å². The van der Waals surface area contributed by atoms with Crippen LogP contribution in [0.25, 0.3) is 10.2 Å². The summed E-state index contributed by atoms with van der Waals surface area (Å²) in [5, 5.41) is 6.22. The molecule has 0 atom stereocenters. The first kappa shape index (κ1) is 18.3. The second-order valence-corrected chi connectivity index (χ2v) is 8.75. The van der Waals surface area contributed by atoms with Gasteiger partial charge in [0.25, 0.3) is 0 Å². The summed E-state index contributed by atoms with van der Waals surface area (Å²) in [6, 6.07) is 6.34. The number of carbonyl (C=O) groups excluding carboxylic acids is 1. The average molecular weight is 402 g/mol. The minimum atomic E-state index is 0.0946. The van der Waals surface area contributed by atoms with Gasteiger partial charge in [-0.15, -0.1) is 22.7 Å². The van der Waals surface area contributed by atoms with Crippen molar-refractivity contribution in [3.8, 4) is 0 Å². The molecule has 1 saturated heterocycles. The lowest BCUT2D eigenvalue weighted by atomic mass is 10.2. The van der Waals surface area contributed by atoms with E-state index >= 15 is 0 Å². The number of fused-ring (bicyclic) bond motifs is 1. The molecule has 1 aliphatic heterocycles. The summed E-state index contributed by atoms with van der Waals surface area (Å²) < 4.78 is 0. The summed E-state index contributed by atoms with van der Waals surface area (Å²) >= 11 is 3.41. The molecule has 4 rings (SSSR count). The van der Waals surface area contributed by atoms with Gasteiger partial charge in [-0.05, 0) is 30.0 Å². The topological polar surface area (TPSA) is 61.4 Å². The fraction of sp³-hybridized carbons (Fsp3) is 0.421. The van der Waals surface area contributed by atoms with E-state index in [1.54, 1.807) is 29.0 Å². The van der Waals surface area contributed by atoms with Crippen LogP contribution >= 0.6 is 22.7 Å². The van der Waals surface area contributed by atoms with E-state index in [2.05, 4.69) is 55.6 Å². The molecular weight excluding hydrogens is 378 g/mol. The highest BCUT2D eigenvalue weighted by atomic mass is 32.1. The van der Waals surface area contributed by atoms with Gasteiger partial charge in [-0.3, -0.25) is 9.69 Å². The molecule has 3 aromatic heterocycles. The molecule has 0 bridgehead atoms. The number of hydrogen-bond acceptors (Lipinski definition) is 7. The number of carbonyl (C=O) groups is 1. The monoisotopic (exact) mass is 401 g/mol. The molecule has 0 spiro atoms. The third-order valence-electron chi connectivity index (χ3n) is 4.81. The molecule has 27 heavy (non-hydrogen) atoms.